The van der Waals surface area contributed by atoms with Crippen LogP contribution < -0.4 is 10.1 Å². The molecule has 0 aliphatic heterocycles. The van der Waals surface area contributed by atoms with Gasteiger partial charge in [-0.15, -0.1) is 0 Å². The summed E-state index contributed by atoms with van der Waals surface area (Å²) < 4.78 is 10.3. The summed E-state index contributed by atoms with van der Waals surface area (Å²) in [4.78, 5) is 10.6. The Balaban J connectivity index is 2.81. The summed E-state index contributed by atoms with van der Waals surface area (Å²) in [6.45, 7) is 9.04. The highest BCUT2D eigenvalue weighted by molar-refractivity contribution is 5.48. The Hall–Kier alpha value is -1.66. The number of rotatable bonds is 7. The van der Waals surface area contributed by atoms with Gasteiger partial charge in [0.2, 0.25) is 0 Å². The van der Waals surface area contributed by atoms with Gasteiger partial charge in [-0.25, -0.2) is 0 Å². The maximum atomic E-state index is 11.1. The highest BCUT2D eigenvalue weighted by atomic mass is 16.7. The van der Waals surface area contributed by atoms with Gasteiger partial charge in [-0.05, 0) is 39.3 Å². The van der Waals surface area contributed by atoms with Gasteiger partial charge in [-0.3, -0.25) is 10.1 Å². The number of hydrogen-bond acceptors (Lipinski definition) is 5. The van der Waals surface area contributed by atoms with Gasteiger partial charge in [0.1, 0.15) is 0 Å². The summed E-state index contributed by atoms with van der Waals surface area (Å²) in [5, 5.41) is 14.4. The molecule has 0 saturated heterocycles. The quantitative estimate of drug-likeness (QED) is 0.360. The van der Waals surface area contributed by atoms with Crippen LogP contribution in [0, 0.1) is 10.1 Å². The standard InChI is InChI=1S/C14H22N2O4/c1-5-19-10-20-13-7-6-11(8-12(13)16(17)18)9-15-14(2,3)4/h6-8,15H,5,9-10H2,1-4H3. The molecule has 0 radical (unpaired) electrons. The fourth-order valence-electron chi connectivity index (χ4n) is 1.49. The highest BCUT2D eigenvalue weighted by Crippen LogP contribution is 2.28. The molecule has 1 N–H and O–H groups in total. The Morgan fingerprint density at radius 3 is 2.60 bits per heavy atom. The summed E-state index contributed by atoms with van der Waals surface area (Å²) in [7, 11) is 0. The molecule has 0 aromatic heterocycles. The second-order valence-corrected chi connectivity index (χ2v) is 5.42. The second kappa shape index (κ2) is 7.21. The molecule has 0 aliphatic carbocycles. The molecular formula is C14H22N2O4. The van der Waals surface area contributed by atoms with Crippen LogP contribution in [0.3, 0.4) is 0 Å². The lowest BCUT2D eigenvalue weighted by atomic mass is 10.1. The van der Waals surface area contributed by atoms with E-state index in [9.17, 15) is 10.1 Å². The van der Waals surface area contributed by atoms with Crippen molar-refractivity contribution in [1.29, 1.82) is 0 Å². The van der Waals surface area contributed by atoms with Gasteiger partial charge in [-0.2, -0.15) is 0 Å². The van der Waals surface area contributed by atoms with Crippen LogP contribution in [0.25, 0.3) is 0 Å². The van der Waals surface area contributed by atoms with Crippen molar-refractivity contribution < 1.29 is 14.4 Å². The Kier molecular flexibility index (Phi) is 5.91. The average Bonchev–Trinajstić information content (AvgIpc) is 2.36. The molecule has 0 saturated carbocycles. The van der Waals surface area contributed by atoms with Gasteiger partial charge < -0.3 is 14.8 Å². The topological polar surface area (TPSA) is 73.6 Å². The van der Waals surface area contributed by atoms with Crippen molar-refractivity contribution in [2.24, 2.45) is 0 Å². The van der Waals surface area contributed by atoms with Crippen molar-refractivity contribution in [2.45, 2.75) is 39.8 Å². The van der Waals surface area contributed by atoms with Crippen molar-refractivity contribution in [3.63, 3.8) is 0 Å². The molecule has 0 bridgehead atoms. The Bertz CT molecular complexity index is 455. The second-order valence-electron chi connectivity index (χ2n) is 5.42. The van der Waals surface area contributed by atoms with Gasteiger partial charge in [0.15, 0.2) is 12.5 Å². The van der Waals surface area contributed by atoms with Gasteiger partial charge >= 0.3 is 5.69 Å². The van der Waals surface area contributed by atoms with Crippen molar-refractivity contribution in [3.05, 3.63) is 33.9 Å². The Morgan fingerprint density at radius 2 is 2.05 bits per heavy atom. The summed E-state index contributed by atoms with van der Waals surface area (Å²) in [5.74, 6) is 0.225. The molecule has 112 valence electrons. The van der Waals surface area contributed by atoms with Crippen LogP contribution in [0.5, 0.6) is 5.75 Å². The van der Waals surface area contributed by atoms with Crippen LogP contribution in [0.2, 0.25) is 0 Å². The maximum absolute atomic E-state index is 11.1. The van der Waals surface area contributed by atoms with Crippen molar-refractivity contribution in [1.82, 2.24) is 5.32 Å². The monoisotopic (exact) mass is 282 g/mol. The molecule has 6 heteroatoms. The first-order valence-corrected chi connectivity index (χ1v) is 6.56. The zero-order valence-electron chi connectivity index (χ0n) is 12.4. The van der Waals surface area contributed by atoms with Crippen LogP contribution in [0.15, 0.2) is 18.2 Å². The number of nitro benzene ring substituents is 1. The molecule has 1 rings (SSSR count). The lowest BCUT2D eigenvalue weighted by molar-refractivity contribution is -0.386. The van der Waals surface area contributed by atoms with E-state index < -0.39 is 4.92 Å². The molecule has 0 unspecified atom stereocenters. The summed E-state index contributed by atoms with van der Waals surface area (Å²) >= 11 is 0. The molecule has 0 atom stereocenters. The molecule has 1 aromatic rings. The molecule has 0 fully saturated rings. The van der Waals surface area contributed by atoms with Gasteiger partial charge in [0.25, 0.3) is 0 Å². The number of nitro groups is 1. The van der Waals surface area contributed by atoms with E-state index in [1.54, 1.807) is 6.07 Å². The Labute approximate surface area is 119 Å². The zero-order chi connectivity index (χ0) is 15.2. The highest BCUT2D eigenvalue weighted by Gasteiger charge is 2.17. The van der Waals surface area contributed by atoms with E-state index in [0.717, 1.165) is 5.56 Å². The fourth-order valence-corrected chi connectivity index (χ4v) is 1.49. The maximum Gasteiger partial charge on any atom is 0.311 e. The summed E-state index contributed by atoms with van der Waals surface area (Å²) in [5.41, 5.74) is 0.757. The first kappa shape index (κ1) is 16.4. The first-order chi connectivity index (χ1) is 9.33. The van der Waals surface area contributed by atoms with E-state index >= 15 is 0 Å². The molecule has 1 aromatic carbocycles. The lowest BCUT2D eigenvalue weighted by Gasteiger charge is -2.20. The van der Waals surface area contributed by atoms with Gasteiger partial charge in [-0.1, -0.05) is 6.07 Å². The number of nitrogens with one attached hydrogen (secondary N) is 1. The van der Waals surface area contributed by atoms with E-state index in [4.69, 9.17) is 9.47 Å². The Morgan fingerprint density at radius 1 is 1.35 bits per heavy atom. The number of benzene rings is 1. The van der Waals surface area contributed by atoms with Gasteiger partial charge in [0.05, 0.1) is 4.92 Å². The number of ether oxygens (including phenoxy) is 2. The third kappa shape index (κ3) is 5.54. The molecule has 0 amide bonds. The van der Waals surface area contributed by atoms with Crippen molar-refractivity contribution in [2.75, 3.05) is 13.4 Å². The van der Waals surface area contributed by atoms with Crippen LogP contribution >= 0.6 is 0 Å². The minimum atomic E-state index is -0.443. The SMILES string of the molecule is CCOCOc1ccc(CNC(C)(C)C)cc1[N+](=O)[O-]. The summed E-state index contributed by atoms with van der Waals surface area (Å²) in [6.07, 6.45) is 0. The molecule has 6 nitrogen and oxygen atoms in total. The van der Waals surface area contributed by atoms with Crippen LogP contribution in [0.4, 0.5) is 5.69 Å². The number of hydrogen-bond donors (Lipinski definition) is 1. The van der Waals surface area contributed by atoms with E-state index in [0.29, 0.717) is 13.2 Å². The zero-order valence-corrected chi connectivity index (χ0v) is 12.4. The third-order valence-electron chi connectivity index (χ3n) is 2.54. The lowest BCUT2D eigenvalue weighted by Crippen LogP contribution is -2.35. The molecular weight excluding hydrogens is 260 g/mol. The molecule has 20 heavy (non-hydrogen) atoms. The predicted octanol–water partition coefficient (Wildman–Crippen LogP) is 2.86. The van der Waals surface area contributed by atoms with Crippen LogP contribution in [-0.2, 0) is 11.3 Å². The fraction of sp³-hybridized carbons (Fsp3) is 0.571. The van der Waals surface area contributed by atoms with Crippen molar-refractivity contribution >= 4 is 5.69 Å². The number of nitrogens with zero attached hydrogens (tertiary/aromatic N) is 1. The molecule has 0 heterocycles. The van der Waals surface area contributed by atoms with E-state index in [2.05, 4.69) is 5.32 Å². The minimum Gasteiger partial charge on any atom is -0.460 e. The first-order valence-electron chi connectivity index (χ1n) is 6.56. The smallest absolute Gasteiger partial charge is 0.311 e. The van der Waals surface area contributed by atoms with E-state index in [-0.39, 0.29) is 23.8 Å². The molecule has 0 aliphatic rings. The normalized spacial score (nSPS) is 11.4. The molecule has 0 spiro atoms. The minimum absolute atomic E-state index is 0.0108. The van der Waals surface area contributed by atoms with Gasteiger partial charge in [0, 0.05) is 24.8 Å². The largest absolute Gasteiger partial charge is 0.460 e. The van der Waals surface area contributed by atoms with Crippen molar-refractivity contribution in [3.8, 4) is 5.75 Å². The third-order valence-corrected chi connectivity index (χ3v) is 2.54. The van der Waals surface area contributed by atoms with Crippen LogP contribution in [-0.4, -0.2) is 23.9 Å². The van der Waals surface area contributed by atoms with E-state index in [1.807, 2.05) is 33.8 Å². The average molecular weight is 282 g/mol. The summed E-state index contributed by atoms with van der Waals surface area (Å²) in [6, 6.07) is 4.95. The van der Waals surface area contributed by atoms with E-state index in [1.165, 1.54) is 6.07 Å². The van der Waals surface area contributed by atoms with Crippen LogP contribution in [0.1, 0.15) is 33.3 Å². The predicted molar refractivity (Wildman–Crippen MR) is 76.8 cm³/mol.